The molecule has 0 bridgehead atoms. The normalized spacial score (nSPS) is 32.3. The van der Waals surface area contributed by atoms with Gasteiger partial charge in [-0.15, -0.1) is 0 Å². The van der Waals surface area contributed by atoms with Gasteiger partial charge in [-0.05, 0) is 39.2 Å². The second-order valence-corrected chi connectivity index (χ2v) is 5.23. The van der Waals surface area contributed by atoms with E-state index in [1.54, 1.807) is 6.92 Å². The lowest BCUT2D eigenvalue weighted by Crippen LogP contribution is -2.59. The zero-order valence-corrected chi connectivity index (χ0v) is 9.99. The van der Waals surface area contributed by atoms with E-state index in [0.717, 1.165) is 12.5 Å². The summed E-state index contributed by atoms with van der Waals surface area (Å²) < 4.78 is 0. The lowest BCUT2D eigenvalue weighted by Gasteiger charge is -2.39. The SMILES string of the molecule is CC1CCN(CC(C)(N)C(N)=O)C(C)C1. The van der Waals surface area contributed by atoms with E-state index in [9.17, 15) is 4.79 Å². The smallest absolute Gasteiger partial charge is 0.238 e. The molecule has 3 atom stereocenters. The van der Waals surface area contributed by atoms with Crippen molar-refractivity contribution >= 4 is 5.91 Å². The van der Waals surface area contributed by atoms with Crippen molar-refractivity contribution in [1.29, 1.82) is 0 Å². The first-order valence-electron chi connectivity index (χ1n) is 5.66. The van der Waals surface area contributed by atoms with Crippen LogP contribution in [0.15, 0.2) is 0 Å². The number of likely N-dealkylation sites (tertiary alicyclic amines) is 1. The van der Waals surface area contributed by atoms with Crippen molar-refractivity contribution in [2.45, 2.75) is 45.2 Å². The van der Waals surface area contributed by atoms with E-state index in [0.29, 0.717) is 12.6 Å². The van der Waals surface area contributed by atoms with E-state index in [1.165, 1.54) is 12.8 Å². The summed E-state index contributed by atoms with van der Waals surface area (Å²) in [7, 11) is 0. The molecule has 88 valence electrons. The number of nitrogens with two attached hydrogens (primary N) is 2. The Morgan fingerprint density at radius 1 is 1.53 bits per heavy atom. The van der Waals surface area contributed by atoms with Gasteiger partial charge in [-0.1, -0.05) is 6.92 Å². The van der Waals surface area contributed by atoms with Crippen molar-refractivity contribution in [3.63, 3.8) is 0 Å². The minimum atomic E-state index is -0.908. The molecule has 1 rings (SSSR count). The number of hydrogen-bond donors (Lipinski definition) is 2. The number of rotatable bonds is 3. The summed E-state index contributed by atoms with van der Waals surface area (Å²) in [4.78, 5) is 13.4. The number of primary amides is 1. The van der Waals surface area contributed by atoms with E-state index < -0.39 is 11.4 Å². The molecule has 1 saturated heterocycles. The molecule has 15 heavy (non-hydrogen) atoms. The van der Waals surface area contributed by atoms with Crippen LogP contribution in [0.2, 0.25) is 0 Å². The first-order chi connectivity index (χ1) is 6.83. The summed E-state index contributed by atoms with van der Waals surface area (Å²) >= 11 is 0. The summed E-state index contributed by atoms with van der Waals surface area (Å²) in [6, 6.07) is 0.496. The van der Waals surface area contributed by atoms with E-state index in [-0.39, 0.29) is 0 Å². The van der Waals surface area contributed by atoms with Crippen LogP contribution in [0, 0.1) is 5.92 Å². The molecule has 0 aromatic carbocycles. The highest BCUT2D eigenvalue weighted by molar-refractivity contribution is 5.84. The van der Waals surface area contributed by atoms with Crippen LogP contribution >= 0.6 is 0 Å². The Morgan fingerprint density at radius 2 is 2.13 bits per heavy atom. The van der Waals surface area contributed by atoms with Crippen LogP contribution in [0.5, 0.6) is 0 Å². The molecule has 0 aromatic heterocycles. The van der Waals surface area contributed by atoms with Gasteiger partial charge in [-0.3, -0.25) is 9.69 Å². The Labute approximate surface area is 92.0 Å². The molecule has 1 amide bonds. The number of hydrogen-bond acceptors (Lipinski definition) is 3. The van der Waals surface area contributed by atoms with Crippen molar-refractivity contribution in [2.75, 3.05) is 13.1 Å². The summed E-state index contributed by atoms with van der Waals surface area (Å²) in [5.74, 6) is 0.349. The third-order valence-electron chi connectivity index (χ3n) is 3.37. The molecule has 1 aliphatic heterocycles. The van der Waals surface area contributed by atoms with Crippen molar-refractivity contribution in [3.8, 4) is 0 Å². The second-order valence-electron chi connectivity index (χ2n) is 5.23. The maximum atomic E-state index is 11.1. The van der Waals surface area contributed by atoms with Crippen LogP contribution in [-0.2, 0) is 4.79 Å². The molecule has 0 aromatic rings. The molecule has 3 unspecified atom stereocenters. The lowest BCUT2D eigenvalue weighted by atomic mass is 9.91. The summed E-state index contributed by atoms with van der Waals surface area (Å²) in [5.41, 5.74) is 10.2. The van der Waals surface area contributed by atoms with Crippen molar-refractivity contribution in [1.82, 2.24) is 4.90 Å². The van der Waals surface area contributed by atoms with Crippen LogP contribution in [0.25, 0.3) is 0 Å². The highest BCUT2D eigenvalue weighted by Crippen LogP contribution is 2.23. The fourth-order valence-electron chi connectivity index (χ4n) is 2.19. The van der Waals surface area contributed by atoms with Crippen LogP contribution in [-0.4, -0.2) is 35.5 Å². The Balaban J connectivity index is 2.55. The minimum Gasteiger partial charge on any atom is -0.368 e. The highest BCUT2D eigenvalue weighted by Gasteiger charge is 2.32. The quantitative estimate of drug-likeness (QED) is 0.708. The Bertz CT molecular complexity index is 240. The molecule has 1 fully saturated rings. The van der Waals surface area contributed by atoms with Gasteiger partial charge in [0.15, 0.2) is 0 Å². The molecule has 1 heterocycles. The average molecular weight is 213 g/mol. The van der Waals surface area contributed by atoms with Gasteiger partial charge in [0, 0.05) is 12.6 Å². The number of piperidine rings is 1. The van der Waals surface area contributed by atoms with E-state index in [2.05, 4.69) is 18.7 Å². The Morgan fingerprint density at radius 3 is 2.60 bits per heavy atom. The minimum absolute atomic E-state index is 0.423. The molecule has 0 aliphatic carbocycles. The standard InChI is InChI=1S/C11H23N3O/c1-8-4-5-14(9(2)6-8)7-11(3,13)10(12)15/h8-9H,4-7,13H2,1-3H3,(H2,12,15). The molecule has 0 spiro atoms. The van der Waals surface area contributed by atoms with Crippen LogP contribution in [0.4, 0.5) is 0 Å². The highest BCUT2D eigenvalue weighted by atomic mass is 16.1. The van der Waals surface area contributed by atoms with Gasteiger partial charge in [0.1, 0.15) is 5.54 Å². The Hall–Kier alpha value is -0.610. The van der Waals surface area contributed by atoms with Gasteiger partial charge in [-0.2, -0.15) is 0 Å². The lowest BCUT2D eigenvalue weighted by molar-refractivity contribution is -0.123. The van der Waals surface area contributed by atoms with Crippen LogP contribution in [0.3, 0.4) is 0 Å². The molecule has 4 heteroatoms. The fourth-order valence-corrected chi connectivity index (χ4v) is 2.19. The molecule has 1 aliphatic rings. The third kappa shape index (κ3) is 3.18. The monoisotopic (exact) mass is 213 g/mol. The number of carbonyl (C=O) groups is 1. The van der Waals surface area contributed by atoms with E-state index in [1.807, 2.05) is 0 Å². The van der Waals surface area contributed by atoms with Crippen molar-refractivity contribution in [3.05, 3.63) is 0 Å². The maximum absolute atomic E-state index is 11.1. The van der Waals surface area contributed by atoms with Crippen LogP contribution in [0.1, 0.15) is 33.6 Å². The van der Waals surface area contributed by atoms with E-state index in [4.69, 9.17) is 11.5 Å². The van der Waals surface area contributed by atoms with Crippen molar-refractivity contribution < 1.29 is 4.79 Å². The molecule has 0 saturated carbocycles. The first-order valence-corrected chi connectivity index (χ1v) is 5.66. The second kappa shape index (κ2) is 4.49. The van der Waals surface area contributed by atoms with Gasteiger partial charge < -0.3 is 11.5 Å². The zero-order chi connectivity index (χ0) is 11.6. The molecular formula is C11H23N3O. The molecular weight excluding hydrogens is 190 g/mol. The van der Waals surface area contributed by atoms with E-state index >= 15 is 0 Å². The number of nitrogens with zero attached hydrogens (tertiary/aromatic N) is 1. The topological polar surface area (TPSA) is 72.3 Å². The first kappa shape index (κ1) is 12.5. The van der Waals surface area contributed by atoms with Gasteiger partial charge in [0.25, 0.3) is 0 Å². The molecule has 4 N–H and O–H groups in total. The average Bonchev–Trinajstić information content (AvgIpc) is 2.09. The largest absolute Gasteiger partial charge is 0.368 e. The summed E-state index contributed by atoms with van der Waals surface area (Å²) in [6.45, 7) is 7.75. The van der Waals surface area contributed by atoms with Crippen LogP contribution < -0.4 is 11.5 Å². The van der Waals surface area contributed by atoms with Gasteiger partial charge in [-0.25, -0.2) is 0 Å². The maximum Gasteiger partial charge on any atom is 0.238 e. The van der Waals surface area contributed by atoms with Crippen molar-refractivity contribution in [2.24, 2.45) is 17.4 Å². The zero-order valence-electron chi connectivity index (χ0n) is 9.99. The number of carbonyl (C=O) groups excluding carboxylic acids is 1. The van der Waals surface area contributed by atoms with Gasteiger partial charge in [0.05, 0.1) is 0 Å². The molecule has 0 radical (unpaired) electrons. The Kier molecular flexibility index (Phi) is 3.73. The number of amides is 1. The third-order valence-corrected chi connectivity index (χ3v) is 3.37. The molecule has 4 nitrogen and oxygen atoms in total. The predicted molar refractivity (Wildman–Crippen MR) is 61.2 cm³/mol. The summed E-state index contributed by atoms with van der Waals surface area (Å²) in [5, 5.41) is 0. The predicted octanol–water partition coefficient (Wildman–Crippen LogP) is 0.310. The summed E-state index contributed by atoms with van der Waals surface area (Å²) in [6.07, 6.45) is 2.36. The van der Waals surface area contributed by atoms with Gasteiger partial charge >= 0.3 is 0 Å². The van der Waals surface area contributed by atoms with Gasteiger partial charge in [0.2, 0.25) is 5.91 Å². The fraction of sp³-hybridized carbons (Fsp3) is 0.909.